The lowest BCUT2D eigenvalue weighted by Crippen LogP contribution is -2.08. The second-order valence-corrected chi connectivity index (χ2v) is 16.1. The van der Waals surface area contributed by atoms with Gasteiger partial charge in [0, 0.05) is 21.4 Å². The molecule has 6 rings (SSSR count). The number of allylic oxidation sites excluding steroid dienone is 2. The lowest BCUT2D eigenvalue weighted by molar-refractivity contribution is 0.730. The minimum absolute atomic E-state index is 0.291. The third-order valence-electron chi connectivity index (χ3n) is 10.8. The Morgan fingerprint density at radius 3 is 1.28 bits per heavy atom. The zero-order valence-electron chi connectivity index (χ0n) is 29.6. The van der Waals surface area contributed by atoms with E-state index in [2.05, 4.69) is 125 Å². The molecule has 0 saturated heterocycles. The fourth-order valence-corrected chi connectivity index (χ4v) is 10.7. The number of hydrogen-bond acceptors (Lipinski definition) is 0. The molecule has 0 saturated carbocycles. The van der Waals surface area contributed by atoms with Crippen LogP contribution in [0.25, 0.3) is 34.4 Å². The fraction of sp³-hybridized carbons (Fsp3) is 0.391. The Morgan fingerprint density at radius 1 is 0.468 bits per heavy atom. The van der Waals surface area contributed by atoms with Crippen molar-refractivity contribution in [1.29, 1.82) is 0 Å². The summed E-state index contributed by atoms with van der Waals surface area (Å²) in [4.78, 5) is 0. The van der Waals surface area contributed by atoms with Crippen molar-refractivity contribution in [3.63, 3.8) is 0 Å². The number of hydrogen-bond donors (Lipinski definition) is 0. The molecule has 0 heterocycles. The molecular formula is C46H56Si. The summed E-state index contributed by atoms with van der Waals surface area (Å²) in [6.45, 7) is 9.21. The fourth-order valence-electron chi connectivity index (χ4n) is 8.31. The maximum atomic E-state index is 2.61. The van der Waals surface area contributed by atoms with E-state index < -0.39 is 0 Å². The Hall–Kier alpha value is -3.42. The topological polar surface area (TPSA) is 0 Å². The largest absolute Gasteiger partial charge is 0.0654 e. The molecule has 0 N–H and O–H groups in total. The maximum Gasteiger partial charge on any atom is 0.0218 e. The summed E-state index contributed by atoms with van der Waals surface area (Å²) in [5.41, 5.74) is 18.1. The van der Waals surface area contributed by atoms with Gasteiger partial charge in [-0.1, -0.05) is 174 Å². The van der Waals surface area contributed by atoms with Crippen LogP contribution < -0.4 is 0 Å². The van der Waals surface area contributed by atoms with E-state index in [1.54, 1.807) is 22.3 Å². The Kier molecular flexibility index (Phi) is 11.5. The van der Waals surface area contributed by atoms with Crippen LogP contribution in [-0.4, -0.2) is 9.52 Å². The van der Waals surface area contributed by atoms with Crippen molar-refractivity contribution in [2.75, 3.05) is 0 Å². The quantitative estimate of drug-likeness (QED) is 0.107. The molecule has 0 fully saturated rings. The van der Waals surface area contributed by atoms with Gasteiger partial charge in [0.05, 0.1) is 0 Å². The molecule has 2 unspecified atom stereocenters. The molecule has 2 atom stereocenters. The van der Waals surface area contributed by atoms with E-state index in [0.29, 0.717) is 11.8 Å². The van der Waals surface area contributed by atoms with E-state index in [4.69, 9.17) is 0 Å². The Morgan fingerprint density at radius 2 is 0.894 bits per heavy atom. The molecule has 1 heteroatoms. The first kappa shape index (κ1) is 33.5. The zero-order chi connectivity index (χ0) is 32.6. The SMILES string of the molecule is CCCCC1=Cc2c(-c3ccc(CCC)cc3)cccc2C1C[SiH2]CC1C(CCCC)=Cc2c(-c3ccc(CCC)cc3)cccc21. The molecule has 0 spiro atoms. The van der Waals surface area contributed by atoms with Crippen molar-refractivity contribution in [3.8, 4) is 22.3 Å². The van der Waals surface area contributed by atoms with Crippen LogP contribution in [0.1, 0.15) is 124 Å². The second kappa shape index (κ2) is 16.1. The van der Waals surface area contributed by atoms with Crippen molar-refractivity contribution in [2.45, 2.75) is 116 Å². The summed E-state index contributed by atoms with van der Waals surface area (Å²) in [5, 5.41) is 0. The first-order valence-corrected chi connectivity index (χ1v) is 21.0. The predicted molar refractivity (Wildman–Crippen MR) is 210 cm³/mol. The molecule has 2 aliphatic rings. The highest BCUT2D eigenvalue weighted by molar-refractivity contribution is 6.36. The van der Waals surface area contributed by atoms with Crippen LogP contribution in [0.5, 0.6) is 0 Å². The van der Waals surface area contributed by atoms with Gasteiger partial charge in [0.25, 0.3) is 0 Å². The van der Waals surface area contributed by atoms with Crippen LogP contribution in [0.15, 0.2) is 96.1 Å². The van der Waals surface area contributed by atoms with Gasteiger partial charge in [0.15, 0.2) is 0 Å². The van der Waals surface area contributed by atoms with Gasteiger partial charge in [-0.25, -0.2) is 0 Å². The molecule has 0 amide bonds. The van der Waals surface area contributed by atoms with Crippen LogP contribution in [0.3, 0.4) is 0 Å². The van der Waals surface area contributed by atoms with E-state index in [9.17, 15) is 0 Å². The molecule has 2 aliphatic carbocycles. The summed E-state index contributed by atoms with van der Waals surface area (Å²) < 4.78 is 0. The highest BCUT2D eigenvalue weighted by atomic mass is 28.2. The third-order valence-corrected chi connectivity index (χ3v) is 12.8. The molecule has 47 heavy (non-hydrogen) atoms. The Bertz CT molecular complexity index is 1560. The molecule has 0 radical (unpaired) electrons. The van der Waals surface area contributed by atoms with E-state index in [1.165, 1.54) is 108 Å². The zero-order valence-corrected chi connectivity index (χ0v) is 31.0. The highest BCUT2D eigenvalue weighted by Crippen LogP contribution is 2.48. The van der Waals surface area contributed by atoms with E-state index >= 15 is 0 Å². The number of benzene rings is 4. The molecule has 4 aromatic rings. The van der Waals surface area contributed by atoms with Crippen molar-refractivity contribution in [2.24, 2.45) is 0 Å². The van der Waals surface area contributed by atoms with Gasteiger partial charge in [-0.05, 0) is 94.2 Å². The summed E-state index contributed by atoms with van der Waals surface area (Å²) in [5.74, 6) is 1.22. The second-order valence-electron chi connectivity index (χ2n) is 14.2. The maximum absolute atomic E-state index is 2.61. The molecular weight excluding hydrogens is 581 g/mol. The van der Waals surface area contributed by atoms with Gasteiger partial charge in [-0.15, -0.1) is 0 Å². The number of aryl methyl sites for hydroxylation is 2. The molecule has 0 aliphatic heterocycles. The average Bonchev–Trinajstić information content (AvgIpc) is 3.65. The van der Waals surface area contributed by atoms with Gasteiger partial charge in [0.2, 0.25) is 0 Å². The number of unbranched alkanes of at least 4 members (excludes halogenated alkanes) is 2. The summed E-state index contributed by atoms with van der Waals surface area (Å²) >= 11 is 0. The minimum atomic E-state index is -0.291. The third kappa shape index (κ3) is 7.52. The van der Waals surface area contributed by atoms with E-state index in [0.717, 1.165) is 12.8 Å². The van der Waals surface area contributed by atoms with Crippen LogP contribution in [-0.2, 0) is 12.8 Å². The summed E-state index contributed by atoms with van der Waals surface area (Å²) in [7, 11) is -0.291. The number of rotatable bonds is 16. The minimum Gasteiger partial charge on any atom is -0.0654 e. The standard InChI is InChI=1S/C46H56Si/c1-5-9-15-37-29-43-39(35-25-21-33(13-7-3)22-26-35)17-11-19-41(43)45(37)31-47-32-46-38(16-10-6-2)30-44-40(18-12-20-42(44)46)36-27-23-34(14-8-4)24-28-36/h11-12,17-30,45-46H,5-10,13-16,31-32,47H2,1-4H3. The number of fused-ring (bicyclic) bond motifs is 2. The Labute approximate surface area is 288 Å². The molecule has 0 nitrogen and oxygen atoms in total. The lowest BCUT2D eigenvalue weighted by Gasteiger charge is -2.21. The molecule has 0 aromatic heterocycles. The van der Waals surface area contributed by atoms with Gasteiger partial charge < -0.3 is 0 Å². The lowest BCUT2D eigenvalue weighted by atomic mass is 9.91. The molecule has 0 bridgehead atoms. The van der Waals surface area contributed by atoms with E-state index in [-0.39, 0.29) is 9.52 Å². The smallest absolute Gasteiger partial charge is 0.0218 e. The van der Waals surface area contributed by atoms with Crippen LogP contribution in [0.4, 0.5) is 0 Å². The van der Waals surface area contributed by atoms with Gasteiger partial charge >= 0.3 is 0 Å². The van der Waals surface area contributed by atoms with Crippen molar-refractivity contribution >= 4 is 21.7 Å². The average molecular weight is 637 g/mol. The Balaban J connectivity index is 1.23. The molecule has 244 valence electrons. The monoisotopic (exact) mass is 636 g/mol. The van der Waals surface area contributed by atoms with Gasteiger partial charge in [-0.3, -0.25) is 0 Å². The summed E-state index contributed by atoms with van der Waals surface area (Å²) in [6, 6.07) is 35.8. The van der Waals surface area contributed by atoms with Crippen LogP contribution in [0.2, 0.25) is 12.1 Å². The predicted octanol–water partition coefficient (Wildman–Crippen LogP) is 13.0. The van der Waals surface area contributed by atoms with Crippen molar-refractivity contribution in [3.05, 3.63) is 129 Å². The van der Waals surface area contributed by atoms with Gasteiger partial charge in [-0.2, -0.15) is 0 Å². The van der Waals surface area contributed by atoms with Crippen LogP contribution >= 0.6 is 0 Å². The molecule has 4 aromatic carbocycles. The van der Waals surface area contributed by atoms with Crippen molar-refractivity contribution < 1.29 is 0 Å². The highest BCUT2D eigenvalue weighted by Gasteiger charge is 2.30. The van der Waals surface area contributed by atoms with Gasteiger partial charge in [0.1, 0.15) is 0 Å². The summed E-state index contributed by atoms with van der Waals surface area (Å²) in [6.07, 6.45) is 17.5. The normalized spacial score (nSPS) is 16.9. The van der Waals surface area contributed by atoms with Crippen LogP contribution in [0, 0.1) is 0 Å². The first-order valence-electron chi connectivity index (χ1n) is 19.0. The van der Waals surface area contributed by atoms with E-state index in [1.807, 2.05) is 0 Å². The van der Waals surface area contributed by atoms with Crippen molar-refractivity contribution in [1.82, 2.24) is 0 Å². The first-order chi connectivity index (χ1) is 23.1.